The van der Waals surface area contributed by atoms with Crippen molar-refractivity contribution < 1.29 is 19.1 Å². The minimum absolute atomic E-state index is 0.0221. The van der Waals surface area contributed by atoms with Crippen molar-refractivity contribution in [3.63, 3.8) is 0 Å². The van der Waals surface area contributed by atoms with Crippen molar-refractivity contribution in [1.82, 2.24) is 0 Å². The first-order valence-electron chi connectivity index (χ1n) is 11.9. The normalized spacial score (nSPS) is 22.0. The Morgan fingerprint density at radius 2 is 1.21 bits per heavy atom. The summed E-state index contributed by atoms with van der Waals surface area (Å²) >= 11 is 0. The summed E-state index contributed by atoms with van der Waals surface area (Å²) in [6, 6.07) is 0. The van der Waals surface area contributed by atoms with Crippen molar-refractivity contribution in [2.24, 2.45) is 11.8 Å². The standard InChI is InChI=1S/C24H44O4/c1-4-5-6-7-8-9-10-11-12-13-16-27-23(25)14-15-24(26)28-22-18-20(2)17-21(3)19-22/h20-22H,4-19H2,1-3H3. The summed E-state index contributed by atoms with van der Waals surface area (Å²) in [6.07, 6.45) is 16.0. The Morgan fingerprint density at radius 3 is 1.79 bits per heavy atom. The average molecular weight is 397 g/mol. The van der Waals surface area contributed by atoms with E-state index >= 15 is 0 Å². The molecule has 0 aliphatic heterocycles. The molecule has 2 atom stereocenters. The Morgan fingerprint density at radius 1 is 0.714 bits per heavy atom. The van der Waals surface area contributed by atoms with Crippen LogP contribution in [0.2, 0.25) is 0 Å². The third kappa shape index (κ3) is 13.2. The van der Waals surface area contributed by atoms with Gasteiger partial charge in [-0.25, -0.2) is 0 Å². The zero-order valence-corrected chi connectivity index (χ0v) is 18.7. The first-order chi connectivity index (χ1) is 13.5. The zero-order chi connectivity index (χ0) is 20.6. The van der Waals surface area contributed by atoms with E-state index in [9.17, 15) is 9.59 Å². The van der Waals surface area contributed by atoms with Crippen LogP contribution in [0.25, 0.3) is 0 Å². The summed E-state index contributed by atoms with van der Waals surface area (Å²) in [5, 5.41) is 0. The number of hydrogen-bond donors (Lipinski definition) is 0. The van der Waals surface area contributed by atoms with Gasteiger partial charge in [0.25, 0.3) is 0 Å². The van der Waals surface area contributed by atoms with E-state index in [1.165, 1.54) is 57.8 Å². The van der Waals surface area contributed by atoms with E-state index in [1.54, 1.807) is 0 Å². The molecule has 0 spiro atoms. The number of ether oxygens (including phenoxy) is 2. The summed E-state index contributed by atoms with van der Waals surface area (Å²) in [4.78, 5) is 23.7. The molecule has 1 aliphatic rings. The number of unbranched alkanes of at least 4 members (excludes halogenated alkanes) is 9. The fourth-order valence-electron chi connectivity index (χ4n) is 4.27. The lowest BCUT2D eigenvalue weighted by Gasteiger charge is -2.31. The summed E-state index contributed by atoms with van der Waals surface area (Å²) in [5.74, 6) is 0.667. The van der Waals surface area contributed by atoms with Crippen LogP contribution in [0.5, 0.6) is 0 Å². The molecule has 0 radical (unpaired) electrons. The molecule has 164 valence electrons. The van der Waals surface area contributed by atoms with Crippen LogP contribution in [-0.2, 0) is 19.1 Å². The lowest BCUT2D eigenvalue weighted by Crippen LogP contribution is -2.28. The summed E-state index contributed by atoms with van der Waals surface area (Å²) in [5.41, 5.74) is 0. The molecule has 4 nitrogen and oxygen atoms in total. The first kappa shape index (κ1) is 25.0. The van der Waals surface area contributed by atoms with Crippen molar-refractivity contribution in [2.45, 2.75) is 123 Å². The van der Waals surface area contributed by atoms with Gasteiger partial charge in [0.1, 0.15) is 6.10 Å². The molecule has 0 saturated heterocycles. The molecule has 0 amide bonds. The molecule has 2 unspecified atom stereocenters. The molecule has 28 heavy (non-hydrogen) atoms. The monoisotopic (exact) mass is 396 g/mol. The number of rotatable bonds is 15. The molecule has 0 aromatic heterocycles. The second-order valence-electron chi connectivity index (χ2n) is 8.93. The van der Waals surface area contributed by atoms with Crippen LogP contribution < -0.4 is 0 Å². The Hall–Kier alpha value is -1.06. The van der Waals surface area contributed by atoms with E-state index in [0.717, 1.165) is 25.7 Å². The van der Waals surface area contributed by atoms with Crippen LogP contribution in [0.4, 0.5) is 0 Å². The van der Waals surface area contributed by atoms with Crippen molar-refractivity contribution in [2.75, 3.05) is 6.61 Å². The SMILES string of the molecule is CCCCCCCCCCCCOC(=O)CCC(=O)OC1CC(C)CC(C)C1. The van der Waals surface area contributed by atoms with E-state index < -0.39 is 0 Å². The Bertz CT molecular complexity index is 411. The van der Waals surface area contributed by atoms with Crippen LogP contribution in [-0.4, -0.2) is 24.6 Å². The van der Waals surface area contributed by atoms with Crippen molar-refractivity contribution in [3.8, 4) is 0 Å². The van der Waals surface area contributed by atoms with Crippen molar-refractivity contribution in [3.05, 3.63) is 0 Å². The number of esters is 2. The molecule has 0 aromatic rings. The van der Waals surface area contributed by atoms with Gasteiger partial charge in [-0.2, -0.15) is 0 Å². The van der Waals surface area contributed by atoms with Gasteiger partial charge in [0.05, 0.1) is 19.4 Å². The maximum atomic E-state index is 12.0. The average Bonchev–Trinajstić information content (AvgIpc) is 2.63. The molecule has 0 N–H and O–H groups in total. The molecule has 1 saturated carbocycles. The lowest BCUT2D eigenvalue weighted by molar-refractivity contribution is -0.155. The van der Waals surface area contributed by atoms with Crippen LogP contribution in [0.15, 0.2) is 0 Å². The summed E-state index contributed by atoms with van der Waals surface area (Å²) in [6.45, 7) is 7.14. The van der Waals surface area contributed by atoms with Crippen LogP contribution >= 0.6 is 0 Å². The second kappa shape index (κ2) is 15.8. The zero-order valence-electron chi connectivity index (χ0n) is 18.7. The maximum Gasteiger partial charge on any atom is 0.306 e. The van der Waals surface area contributed by atoms with Crippen molar-refractivity contribution >= 4 is 11.9 Å². The van der Waals surface area contributed by atoms with Gasteiger partial charge < -0.3 is 9.47 Å². The van der Waals surface area contributed by atoms with E-state index in [0.29, 0.717) is 18.4 Å². The molecule has 0 heterocycles. The Balaban J connectivity index is 1.93. The summed E-state index contributed by atoms with van der Waals surface area (Å²) in [7, 11) is 0. The van der Waals surface area contributed by atoms with E-state index in [2.05, 4.69) is 20.8 Å². The topological polar surface area (TPSA) is 52.6 Å². The third-order valence-electron chi connectivity index (χ3n) is 5.73. The molecule has 0 aromatic carbocycles. The van der Waals surface area contributed by atoms with Gasteiger partial charge in [0.2, 0.25) is 0 Å². The predicted molar refractivity (Wildman–Crippen MR) is 114 cm³/mol. The second-order valence-corrected chi connectivity index (χ2v) is 8.93. The van der Waals surface area contributed by atoms with Gasteiger partial charge in [0.15, 0.2) is 0 Å². The smallest absolute Gasteiger partial charge is 0.306 e. The largest absolute Gasteiger partial charge is 0.466 e. The number of carbonyl (C=O) groups is 2. The number of hydrogen-bond acceptors (Lipinski definition) is 4. The third-order valence-corrected chi connectivity index (χ3v) is 5.73. The highest BCUT2D eigenvalue weighted by Gasteiger charge is 2.26. The van der Waals surface area contributed by atoms with Gasteiger partial charge in [-0.05, 0) is 37.5 Å². The number of carbonyl (C=O) groups excluding carboxylic acids is 2. The highest BCUT2D eigenvalue weighted by atomic mass is 16.5. The highest BCUT2D eigenvalue weighted by molar-refractivity contribution is 5.77. The fraction of sp³-hybridized carbons (Fsp3) is 0.917. The van der Waals surface area contributed by atoms with Crippen LogP contribution in [0.1, 0.15) is 117 Å². The Labute approximate surface area is 173 Å². The van der Waals surface area contributed by atoms with Gasteiger partial charge in [0, 0.05) is 0 Å². The summed E-state index contributed by atoms with van der Waals surface area (Å²) < 4.78 is 10.8. The van der Waals surface area contributed by atoms with Gasteiger partial charge in [-0.1, -0.05) is 78.6 Å². The van der Waals surface area contributed by atoms with Gasteiger partial charge >= 0.3 is 11.9 Å². The minimum Gasteiger partial charge on any atom is -0.466 e. The lowest BCUT2D eigenvalue weighted by atomic mass is 9.82. The van der Waals surface area contributed by atoms with E-state index in [4.69, 9.17) is 9.47 Å². The molecule has 1 rings (SSSR count). The molecular formula is C24H44O4. The van der Waals surface area contributed by atoms with Gasteiger partial charge in [-0.15, -0.1) is 0 Å². The van der Waals surface area contributed by atoms with Crippen LogP contribution in [0.3, 0.4) is 0 Å². The minimum atomic E-state index is -0.279. The van der Waals surface area contributed by atoms with E-state index in [1.807, 2.05) is 0 Å². The maximum absolute atomic E-state index is 12.0. The Kier molecular flexibility index (Phi) is 14.1. The predicted octanol–water partition coefficient (Wildman–Crippen LogP) is 6.60. The van der Waals surface area contributed by atoms with E-state index in [-0.39, 0.29) is 30.9 Å². The molecule has 4 heteroatoms. The fourth-order valence-corrected chi connectivity index (χ4v) is 4.27. The quantitative estimate of drug-likeness (QED) is 0.231. The van der Waals surface area contributed by atoms with Crippen molar-refractivity contribution in [1.29, 1.82) is 0 Å². The molecular weight excluding hydrogens is 352 g/mol. The van der Waals surface area contributed by atoms with Gasteiger partial charge in [-0.3, -0.25) is 9.59 Å². The highest BCUT2D eigenvalue weighted by Crippen LogP contribution is 2.30. The molecule has 1 fully saturated rings. The molecule has 0 bridgehead atoms. The van der Waals surface area contributed by atoms with Crippen LogP contribution in [0, 0.1) is 11.8 Å². The first-order valence-corrected chi connectivity index (χ1v) is 11.9. The molecule has 1 aliphatic carbocycles.